The summed E-state index contributed by atoms with van der Waals surface area (Å²) in [6, 6.07) is 1.03. The molecule has 0 radical (unpaired) electrons. The second-order valence-electron chi connectivity index (χ2n) is 2.80. The molecular weight excluding hydrogens is 221 g/mol. The lowest BCUT2D eigenvalue weighted by Crippen LogP contribution is -1.97. The van der Waals surface area contributed by atoms with Crippen LogP contribution < -0.4 is 0 Å². The van der Waals surface area contributed by atoms with Crippen molar-refractivity contribution in [1.29, 1.82) is 0 Å². The molecule has 2 nitrogen and oxygen atoms in total. The van der Waals surface area contributed by atoms with Gasteiger partial charge in [0.15, 0.2) is 11.6 Å². The molecule has 0 unspecified atom stereocenters. The van der Waals surface area contributed by atoms with E-state index in [4.69, 9.17) is 0 Å². The van der Waals surface area contributed by atoms with Gasteiger partial charge in [0.2, 0.25) is 0 Å². The Hall–Kier alpha value is -1.96. The number of benzene rings is 1. The molecule has 0 amide bonds. The molecule has 84 valence electrons. The van der Waals surface area contributed by atoms with Gasteiger partial charge in [-0.2, -0.15) is 0 Å². The maximum Gasteiger partial charge on any atom is 0.317 e. The predicted molar refractivity (Wildman–Crippen MR) is 49.8 cm³/mol. The van der Waals surface area contributed by atoms with Crippen LogP contribution in [0.1, 0.15) is 12.0 Å². The number of ether oxygens (including phenoxy) is 1. The summed E-state index contributed by atoms with van der Waals surface area (Å²) in [5.74, 6) is 0.464. The fourth-order valence-electron chi connectivity index (χ4n) is 0.902. The molecule has 5 heteroatoms. The van der Waals surface area contributed by atoms with Gasteiger partial charge in [-0.1, -0.05) is 11.8 Å². The Labute approximate surface area is 90.0 Å². The highest BCUT2D eigenvalue weighted by Gasteiger charge is 2.07. The van der Waals surface area contributed by atoms with E-state index in [9.17, 15) is 18.0 Å². The Morgan fingerprint density at radius 3 is 2.50 bits per heavy atom. The number of carbonyl (C=O) groups is 1. The van der Waals surface area contributed by atoms with E-state index in [1.54, 1.807) is 0 Å². The average Bonchev–Trinajstić information content (AvgIpc) is 2.25. The van der Waals surface area contributed by atoms with Crippen LogP contribution in [0, 0.1) is 29.3 Å². The highest BCUT2D eigenvalue weighted by Crippen LogP contribution is 2.12. The van der Waals surface area contributed by atoms with Gasteiger partial charge in [-0.25, -0.2) is 13.2 Å². The number of carbonyl (C=O) groups excluding carboxylic acids is 1. The third-order valence-electron chi connectivity index (χ3n) is 1.69. The van der Waals surface area contributed by atoms with Crippen molar-refractivity contribution >= 4 is 5.97 Å². The molecule has 1 aromatic carbocycles. The van der Waals surface area contributed by atoms with E-state index in [0.717, 1.165) is 0 Å². The lowest BCUT2D eigenvalue weighted by Gasteiger charge is -1.96. The van der Waals surface area contributed by atoms with Crippen LogP contribution in [-0.2, 0) is 9.53 Å². The quantitative estimate of drug-likeness (QED) is 0.417. The normalized spacial score (nSPS) is 9.25. The topological polar surface area (TPSA) is 26.3 Å². The van der Waals surface area contributed by atoms with E-state index >= 15 is 0 Å². The molecule has 0 aliphatic carbocycles. The van der Waals surface area contributed by atoms with E-state index in [1.165, 1.54) is 7.11 Å². The summed E-state index contributed by atoms with van der Waals surface area (Å²) in [5.41, 5.74) is -0.303. The van der Waals surface area contributed by atoms with Crippen molar-refractivity contribution in [2.24, 2.45) is 0 Å². The first-order valence-corrected chi connectivity index (χ1v) is 4.25. The second-order valence-corrected chi connectivity index (χ2v) is 2.80. The van der Waals surface area contributed by atoms with Crippen LogP contribution in [-0.4, -0.2) is 13.1 Å². The molecule has 0 saturated carbocycles. The van der Waals surface area contributed by atoms with Gasteiger partial charge < -0.3 is 4.74 Å². The van der Waals surface area contributed by atoms with Crippen LogP contribution in [0.5, 0.6) is 0 Å². The summed E-state index contributed by atoms with van der Waals surface area (Å²) in [7, 11) is 1.18. The molecule has 0 N–H and O–H groups in total. The summed E-state index contributed by atoms with van der Waals surface area (Å²) in [4.78, 5) is 10.7. The van der Waals surface area contributed by atoms with Gasteiger partial charge in [0.05, 0.1) is 12.7 Å². The highest BCUT2D eigenvalue weighted by molar-refractivity contribution is 5.72. The lowest BCUT2D eigenvalue weighted by molar-refractivity contribution is -0.139. The van der Waals surface area contributed by atoms with Crippen LogP contribution in [0.15, 0.2) is 12.1 Å². The van der Waals surface area contributed by atoms with Crippen molar-refractivity contribution in [2.75, 3.05) is 7.11 Å². The molecule has 0 aromatic heterocycles. The van der Waals surface area contributed by atoms with Crippen molar-refractivity contribution in [3.8, 4) is 11.8 Å². The SMILES string of the molecule is COC(=O)CC#Cc1cc(F)c(F)cc1F. The summed E-state index contributed by atoms with van der Waals surface area (Å²) in [6.07, 6.45) is -0.241. The van der Waals surface area contributed by atoms with Crippen LogP contribution in [0.25, 0.3) is 0 Å². The maximum atomic E-state index is 13.0. The Morgan fingerprint density at radius 2 is 1.88 bits per heavy atom. The number of hydrogen-bond acceptors (Lipinski definition) is 2. The molecule has 0 atom stereocenters. The third-order valence-corrected chi connectivity index (χ3v) is 1.69. The van der Waals surface area contributed by atoms with Crippen LogP contribution >= 0.6 is 0 Å². The van der Waals surface area contributed by atoms with E-state index in [2.05, 4.69) is 16.6 Å². The molecule has 0 fully saturated rings. The molecule has 0 aliphatic rings. The standard InChI is InChI=1S/C11H7F3O2/c1-16-11(15)4-2-3-7-5-9(13)10(14)6-8(7)12/h5-6H,4H2,1H3. The number of methoxy groups -OCH3 is 1. The summed E-state index contributed by atoms with van der Waals surface area (Å²) in [6.45, 7) is 0. The van der Waals surface area contributed by atoms with Crippen molar-refractivity contribution in [3.05, 3.63) is 35.1 Å². The fraction of sp³-hybridized carbons (Fsp3) is 0.182. The number of halogens is 3. The van der Waals surface area contributed by atoms with Gasteiger partial charge in [-0.15, -0.1) is 0 Å². The zero-order chi connectivity index (χ0) is 12.1. The van der Waals surface area contributed by atoms with E-state index in [1.807, 2.05) is 0 Å². The fourth-order valence-corrected chi connectivity index (χ4v) is 0.902. The molecule has 16 heavy (non-hydrogen) atoms. The van der Waals surface area contributed by atoms with Gasteiger partial charge in [0.25, 0.3) is 0 Å². The largest absolute Gasteiger partial charge is 0.468 e. The molecule has 0 bridgehead atoms. The van der Waals surface area contributed by atoms with Gasteiger partial charge >= 0.3 is 5.97 Å². The summed E-state index contributed by atoms with van der Waals surface area (Å²) in [5, 5.41) is 0. The molecule has 0 aliphatic heterocycles. The van der Waals surface area contributed by atoms with Gasteiger partial charge in [-0.05, 0) is 6.07 Å². The van der Waals surface area contributed by atoms with Gasteiger partial charge in [0.1, 0.15) is 12.2 Å². The minimum Gasteiger partial charge on any atom is -0.468 e. The Kier molecular flexibility index (Phi) is 3.95. The number of rotatable bonds is 1. The third kappa shape index (κ3) is 3.02. The molecule has 1 rings (SSSR count). The van der Waals surface area contributed by atoms with Crippen LogP contribution in [0.4, 0.5) is 13.2 Å². The first kappa shape index (κ1) is 12.1. The smallest absolute Gasteiger partial charge is 0.317 e. The molecule has 0 saturated heterocycles. The maximum absolute atomic E-state index is 13.0. The minimum absolute atomic E-state index is 0.241. The van der Waals surface area contributed by atoms with Crippen molar-refractivity contribution in [3.63, 3.8) is 0 Å². The van der Waals surface area contributed by atoms with E-state index in [-0.39, 0.29) is 12.0 Å². The van der Waals surface area contributed by atoms with Crippen molar-refractivity contribution < 1.29 is 22.7 Å². The lowest BCUT2D eigenvalue weighted by atomic mass is 10.2. The van der Waals surface area contributed by atoms with Gasteiger partial charge in [-0.3, -0.25) is 4.79 Å². The monoisotopic (exact) mass is 228 g/mol. The van der Waals surface area contributed by atoms with Gasteiger partial charge in [0, 0.05) is 6.07 Å². The van der Waals surface area contributed by atoms with Crippen molar-refractivity contribution in [2.45, 2.75) is 6.42 Å². The molecule has 0 spiro atoms. The minimum atomic E-state index is -1.28. The van der Waals surface area contributed by atoms with Crippen molar-refractivity contribution in [1.82, 2.24) is 0 Å². The van der Waals surface area contributed by atoms with E-state index < -0.39 is 23.4 Å². The summed E-state index contributed by atoms with van der Waals surface area (Å²) < 4.78 is 42.5. The first-order valence-electron chi connectivity index (χ1n) is 4.25. The first-order chi connectivity index (χ1) is 7.54. The Balaban J connectivity index is 2.89. The predicted octanol–water partition coefficient (Wildman–Crippen LogP) is 2.02. The van der Waals surface area contributed by atoms with E-state index in [0.29, 0.717) is 12.1 Å². The summed E-state index contributed by atoms with van der Waals surface area (Å²) >= 11 is 0. The van der Waals surface area contributed by atoms with Crippen LogP contribution in [0.3, 0.4) is 0 Å². The molecular formula is C11H7F3O2. The molecule has 0 heterocycles. The van der Waals surface area contributed by atoms with Crippen LogP contribution in [0.2, 0.25) is 0 Å². The number of esters is 1. The molecule has 1 aromatic rings. The Morgan fingerprint density at radius 1 is 1.25 bits per heavy atom. The Bertz CT molecular complexity index is 472. The highest BCUT2D eigenvalue weighted by atomic mass is 19.2. The second kappa shape index (κ2) is 5.21. The zero-order valence-corrected chi connectivity index (χ0v) is 8.31. The average molecular weight is 228 g/mol. The zero-order valence-electron chi connectivity index (χ0n) is 8.31. The number of hydrogen-bond donors (Lipinski definition) is 0.